The van der Waals surface area contributed by atoms with Gasteiger partial charge in [0.15, 0.2) is 0 Å². The monoisotopic (exact) mass is 185 g/mol. The van der Waals surface area contributed by atoms with E-state index in [1.807, 2.05) is 13.8 Å². The molecule has 1 aliphatic rings. The fraction of sp³-hybridized carbons (Fsp3) is 1.00. The van der Waals surface area contributed by atoms with Gasteiger partial charge in [-0.1, -0.05) is 19.8 Å². The van der Waals surface area contributed by atoms with E-state index in [0.29, 0.717) is 12.6 Å². The molecule has 1 aliphatic carbocycles. The van der Waals surface area contributed by atoms with Crippen molar-refractivity contribution < 1.29 is 5.11 Å². The topological polar surface area (TPSA) is 32.3 Å². The van der Waals surface area contributed by atoms with Crippen molar-refractivity contribution in [2.24, 2.45) is 5.92 Å². The lowest BCUT2D eigenvalue weighted by Crippen LogP contribution is -2.42. The van der Waals surface area contributed by atoms with Crippen molar-refractivity contribution in [3.05, 3.63) is 0 Å². The van der Waals surface area contributed by atoms with Crippen LogP contribution < -0.4 is 5.32 Å². The van der Waals surface area contributed by atoms with E-state index in [1.165, 1.54) is 25.7 Å². The van der Waals surface area contributed by atoms with E-state index in [-0.39, 0.29) is 0 Å². The first-order chi connectivity index (χ1) is 5.97. The van der Waals surface area contributed by atoms with Gasteiger partial charge in [-0.3, -0.25) is 0 Å². The zero-order valence-electron chi connectivity index (χ0n) is 9.14. The van der Waals surface area contributed by atoms with Crippen LogP contribution in [0.4, 0.5) is 0 Å². The third kappa shape index (κ3) is 4.63. The molecule has 13 heavy (non-hydrogen) atoms. The summed E-state index contributed by atoms with van der Waals surface area (Å²) < 4.78 is 0. The minimum absolute atomic E-state index is 0.569. The molecule has 0 spiro atoms. The van der Waals surface area contributed by atoms with Gasteiger partial charge in [0.05, 0.1) is 5.60 Å². The summed E-state index contributed by atoms with van der Waals surface area (Å²) in [5.41, 5.74) is -0.569. The average molecular weight is 185 g/mol. The molecule has 1 fully saturated rings. The normalized spacial score (nSPS) is 30.5. The first-order valence-electron chi connectivity index (χ1n) is 5.43. The summed E-state index contributed by atoms with van der Waals surface area (Å²) >= 11 is 0. The molecule has 0 radical (unpaired) electrons. The summed E-state index contributed by atoms with van der Waals surface area (Å²) in [5.74, 6) is 0.855. The molecule has 0 aromatic carbocycles. The van der Waals surface area contributed by atoms with Gasteiger partial charge < -0.3 is 10.4 Å². The molecule has 2 N–H and O–H groups in total. The summed E-state index contributed by atoms with van der Waals surface area (Å²) in [7, 11) is 0. The smallest absolute Gasteiger partial charge is 0.0715 e. The Morgan fingerprint density at radius 1 is 1.38 bits per heavy atom. The van der Waals surface area contributed by atoms with Gasteiger partial charge in [0.2, 0.25) is 0 Å². The summed E-state index contributed by atoms with van der Waals surface area (Å²) in [5, 5.41) is 13.0. The van der Waals surface area contributed by atoms with Crippen LogP contribution >= 0.6 is 0 Å². The largest absolute Gasteiger partial charge is 0.389 e. The second-order valence-corrected chi connectivity index (χ2v) is 5.16. The number of aliphatic hydroxyl groups is 1. The molecule has 1 saturated carbocycles. The highest BCUT2D eigenvalue weighted by Gasteiger charge is 2.20. The fourth-order valence-corrected chi connectivity index (χ4v) is 2.01. The van der Waals surface area contributed by atoms with Crippen molar-refractivity contribution in [1.82, 2.24) is 5.32 Å². The van der Waals surface area contributed by atoms with Crippen molar-refractivity contribution in [2.75, 3.05) is 6.54 Å². The van der Waals surface area contributed by atoms with Crippen LogP contribution in [-0.4, -0.2) is 23.3 Å². The maximum absolute atomic E-state index is 9.55. The van der Waals surface area contributed by atoms with Crippen molar-refractivity contribution in [3.63, 3.8) is 0 Å². The van der Waals surface area contributed by atoms with Crippen molar-refractivity contribution >= 4 is 0 Å². The molecule has 78 valence electrons. The third-order valence-corrected chi connectivity index (χ3v) is 2.76. The summed E-state index contributed by atoms with van der Waals surface area (Å²) in [4.78, 5) is 0. The Morgan fingerprint density at radius 2 is 2.08 bits per heavy atom. The Bertz CT molecular complexity index is 151. The van der Waals surface area contributed by atoms with Crippen LogP contribution in [0.15, 0.2) is 0 Å². The van der Waals surface area contributed by atoms with E-state index >= 15 is 0 Å². The average Bonchev–Trinajstić information content (AvgIpc) is 2.00. The minimum atomic E-state index is -0.569. The Labute approximate surface area is 81.7 Å². The van der Waals surface area contributed by atoms with Gasteiger partial charge >= 0.3 is 0 Å². The molecule has 0 amide bonds. The van der Waals surface area contributed by atoms with Gasteiger partial charge in [0.1, 0.15) is 0 Å². The van der Waals surface area contributed by atoms with Gasteiger partial charge in [-0.05, 0) is 32.6 Å². The number of nitrogens with one attached hydrogen (secondary N) is 1. The Kier molecular flexibility index (Phi) is 3.74. The minimum Gasteiger partial charge on any atom is -0.389 e. The van der Waals surface area contributed by atoms with E-state index in [2.05, 4.69) is 12.2 Å². The van der Waals surface area contributed by atoms with Crippen molar-refractivity contribution in [3.8, 4) is 0 Å². The maximum atomic E-state index is 9.55. The van der Waals surface area contributed by atoms with Gasteiger partial charge in [-0.15, -0.1) is 0 Å². The fourth-order valence-electron chi connectivity index (χ4n) is 2.01. The van der Waals surface area contributed by atoms with Gasteiger partial charge in [-0.25, -0.2) is 0 Å². The highest BCUT2D eigenvalue weighted by atomic mass is 16.3. The Hall–Kier alpha value is -0.0800. The third-order valence-electron chi connectivity index (χ3n) is 2.76. The number of hydrogen-bond donors (Lipinski definition) is 2. The molecular weight excluding hydrogens is 162 g/mol. The summed E-state index contributed by atoms with van der Waals surface area (Å²) in [6.07, 6.45) is 5.27. The molecule has 0 aromatic heterocycles. The van der Waals surface area contributed by atoms with E-state index in [1.54, 1.807) is 0 Å². The highest BCUT2D eigenvalue weighted by molar-refractivity contribution is 4.79. The van der Waals surface area contributed by atoms with Gasteiger partial charge in [0.25, 0.3) is 0 Å². The second kappa shape index (κ2) is 4.43. The van der Waals surface area contributed by atoms with Crippen LogP contribution in [0, 0.1) is 5.92 Å². The lowest BCUT2D eigenvalue weighted by atomic mass is 9.87. The molecule has 0 aromatic rings. The van der Waals surface area contributed by atoms with E-state index < -0.39 is 5.60 Å². The molecule has 0 bridgehead atoms. The first kappa shape index (κ1) is 11.0. The predicted molar refractivity (Wildman–Crippen MR) is 55.7 cm³/mol. The summed E-state index contributed by atoms with van der Waals surface area (Å²) in [6, 6.07) is 0.634. The predicted octanol–water partition coefficient (Wildman–Crippen LogP) is 1.93. The SMILES string of the molecule is C[C@@H]1CCC[C@H](NCC(C)(C)O)C1. The molecule has 2 heteroatoms. The maximum Gasteiger partial charge on any atom is 0.0715 e. The molecule has 1 rings (SSSR count). The second-order valence-electron chi connectivity index (χ2n) is 5.16. The quantitative estimate of drug-likeness (QED) is 0.704. The summed E-state index contributed by atoms with van der Waals surface area (Å²) in [6.45, 7) is 6.74. The van der Waals surface area contributed by atoms with Gasteiger partial charge in [0, 0.05) is 12.6 Å². The van der Waals surface area contributed by atoms with Crippen LogP contribution in [0.2, 0.25) is 0 Å². The van der Waals surface area contributed by atoms with Crippen LogP contribution in [0.3, 0.4) is 0 Å². The van der Waals surface area contributed by atoms with Crippen LogP contribution in [0.5, 0.6) is 0 Å². The molecule has 0 unspecified atom stereocenters. The van der Waals surface area contributed by atoms with E-state index in [4.69, 9.17) is 0 Å². The molecule has 0 aliphatic heterocycles. The Balaban J connectivity index is 2.21. The molecule has 0 saturated heterocycles. The van der Waals surface area contributed by atoms with E-state index in [9.17, 15) is 5.11 Å². The highest BCUT2D eigenvalue weighted by Crippen LogP contribution is 2.23. The van der Waals surface area contributed by atoms with Gasteiger partial charge in [-0.2, -0.15) is 0 Å². The number of hydrogen-bond acceptors (Lipinski definition) is 2. The standard InChI is InChI=1S/C11H23NO/c1-9-5-4-6-10(7-9)12-8-11(2,3)13/h9-10,12-13H,4-8H2,1-3H3/t9-,10+/m1/s1. The number of rotatable bonds is 3. The zero-order chi connectivity index (χ0) is 9.90. The lowest BCUT2D eigenvalue weighted by Gasteiger charge is -2.30. The lowest BCUT2D eigenvalue weighted by molar-refractivity contribution is 0.0733. The molecular formula is C11H23NO. The van der Waals surface area contributed by atoms with Crippen molar-refractivity contribution in [2.45, 2.75) is 58.1 Å². The van der Waals surface area contributed by atoms with Crippen LogP contribution in [0.1, 0.15) is 46.5 Å². The zero-order valence-corrected chi connectivity index (χ0v) is 9.14. The first-order valence-corrected chi connectivity index (χ1v) is 5.43. The molecule has 0 heterocycles. The van der Waals surface area contributed by atoms with Crippen LogP contribution in [-0.2, 0) is 0 Å². The molecule has 2 atom stereocenters. The van der Waals surface area contributed by atoms with Crippen LogP contribution in [0.25, 0.3) is 0 Å². The van der Waals surface area contributed by atoms with E-state index in [0.717, 1.165) is 5.92 Å². The molecule has 2 nitrogen and oxygen atoms in total. The van der Waals surface area contributed by atoms with Crippen molar-refractivity contribution in [1.29, 1.82) is 0 Å². The Morgan fingerprint density at radius 3 is 2.62 bits per heavy atom.